The van der Waals surface area contributed by atoms with E-state index >= 15 is 0 Å². The van der Waals surface area contributed by atoms with Crippen molar-refractivity contribution in [2.75, 3.05) is 7.11 Å². The van der Waals surface area contributed by atoms with Gasteiger partial charge in [0.15, 0.2) is 0 Å². The Balaban J connectivity index is 2.89. The number of non-ortho nitro benzene ring substituents is 1. The predicted molar refractivity (Wildman–Crippen MR) is 67.1 cm³/mol. The number of nitro benzene ring substituents is 1. The molecule has 0 fully saturated rings. The molecule has 1 aromatic carbocycles. The smallest absolute Gasteiger partial charge is 0.328 e. The quantitative estimate of drug-likeness (QED) is 0.514. The van der Waals surface area contributed by atoms with Crippen LogP contribution in [0.15, 0.2) is 18.2 Å². The number of methoxy groups -OCH3 is 1. The van der Waals surface area contributed by atoms with Crippen LogP contribution < -0.4 is 5.32 Å². The lowest BCUT2D eigenvalue weighted by Gasteiger charge is -2.12. The third-order valence-electron chi connectivity index (χ3n) is 2.31. The highest BCUT2D eigenvalue weighted by Gasteiger charge is 2.20. The summed E-state index contributed by atoms with van der Waals surface area (Å²) in [5.74, 6) is -1.22. The molecular weight excluding hydrogens is 276 g/mol. The van der Waals surface area contributed by atoms with Gasteiger partial charge in [0.05, 0.1) is 22.6 Å². The van der Waals surface area contributed by atoms with Gasteiger partial charge in [0.1, 0.15) is 6.04 Å². The normalized spacial score (nSPS) is 11.5. The van der Waals surface area contributed by atoms with E-state index in [0.29, 0.717) is 0 Å². The molecule has 0 bridgehead atoms. The number of rotatable bonds is 4. The van der Waals surface area contributed by atoms with Crippen molar-refractivity contribution in [1.82, 2.24) is 5.32 Å². The van der Waals surface area contributed by atoms with Gasteiger partial charge in [0.25, 0.3) is 11.6 Å². The maximum Gasteiger partial charge on any atom is 0.328 e. The standard InChI is InChI=1S/C11H11ClN2O5/c1-6(11(16)19-2)13-10(15)8-4-3-7(14(17)18)5-9(8)12/h3-6H,1-2H3,(H,13,15). The third kappa shape index (κ3) is 3.65. The van der Waals surface area contributed by atoms with Gasteiger partial charge in [-0.3, -0.25) is 14.9 Å². The minimum Gasteiger partial charge on any atom is -0.467 e. The fourth-order valence-electron chi connectivity index (χ4n) is 1.31. The lowest BCUT2D eigenvalue weighted by Crippen LogP contribution is -2.39. The second-order valence-electron chi connectivity index (χ2n) is 3.64. The zero-order chi connectivity index (χ0) is 14.6. The number of carbonyl (C=O) groups excluding carboxylic acids is 2. The highest BCUT2D eigenvalue weighted by Crippen LogP contribution is 2.22. The Bertz CT molecular complexity index is 532. The summed E-state index contributed by atoms with van der Waals surface area (Å²) in [5, 5.41) is 12.8. The molecule has 1 rings (SSSR count). The minimum atomic E-state index is -0.844. The molecule has 1 N–H and O–H groups in total. The number of nitrogens with zero attached hydrogens (tertiary/aromatic N) is 1. The van der Waals surface area contributed by atoms with Crippen LogP contribution >= 0.6 is 11.6 Å². The van der Waals surface area contributed by atoms with Crippen LogP contribution in [0.3, 0.4) is 0 Å². The Morgan fingerprint density at radius 2 is 2.11 bits per heavy atom. The van der Waals surface area contributed by atoms with Crippen molar-refractivity contribution < 1.29 is 19.2 Å². The Labute approximate surface area is 113 Å². The van der Waals surface area contributed by atoms with Crippen LogP contribution in [0.4, 0.5) is 5.69 Å². The number of nitrogens with one attached hydrogen (secondary N) is 1. The average molecular weight is 287 g/mol. The molecule has 0 spiro atoms. The Kier molecular flexibility index (Phi) is 4.82. The van der Waals surface area contributed by atoms with Crippen molar-refractivity contribution in [1.29, 1.82) is 0 Å². The first kappa shape index (κ1) is 14.9. The summed E-state index contributed by atoms with van der Waals surface area (Å²) >= 11 is 5.78. The fraction of sp³-hybridized carbons (Fsp3) is 0.273. The van der Waals surface area contributed by atoms with Gasteiger partial charge in [-0.25, -0.2) is 4.79 Å². The van der Waals surface area contributed by atoms with Crippen LogP contribution in [-0.4, -0.2) is 30.0 Å². The molecule has 0 saturated heterocycles. The van der Waals surface area contributed by atoms with Gasteiger partial charge >= 0.3 is 5.97 Å². The first-order valence-corrected chi connectivity index (χ1v) is 5.57. The number of benzene rings is 1. The molecule has 0 heterocycles. The Morgan fingerprint density at radius 3 is 2.58 bits per heavy atom. The van der Waals surface area contributed by atoms with Gasteiger partial charge in [0.2, 0.25) is 0 Å². The van der Waals surface area contributed by atoms with Gasteiger partial charge in [-0.2, -0.15) is 0 Å². The summed E-state index contributed by atoms with van der Waals surface area (Å²) < 4.78 is 4.45. The largest absolute Gasteiger partial charge is 0.467 e. The third-order valence-corrected chi connectivity index (χ3v) is 2.62. The van der Waals surface area contributed by atoms with E-state index in [1.54, 1.807) is 0 Å². The van der Waals surface area contributed by atoms with E-state index in [1.165, 1.54) is 20.1 Å². The second-order valence-corrected chi connectivity index (χ2v) is 4.05. The summed E-state index contributed by atoms with van der Waals surface area (Å²) in [5.41, 5.74) is -0.175. The van der Waals surface area contributed by atoms with Crippen LogP contribution in [0.2, 0.25) is 5.02 Å². The van der Waals surface area contributed by atoms with Crippen molar-refractivity contribution >= 4 is 29.2 Å². The number of esters is 1. The minimum absolute atomic E-state index is 0.0445. The molecule has 0 aliphatic rings. The van der Waals surface area contributed by atoms with E-state index in [0.717, 1.165) is 12.1 Å². The molecule has 7 nitrogen and oxygen atoms in total. The maximum absolute atomic E-state index is 11.8. The lowest BCUT2D eigenvalue weighted by molar-refractivity contribution is -0.384. The van der Waals surface area contributed by atoms with Crippen LogP contribution in [0.1, 0.15) is 17.3 Å². The molecule has 0 aromatic heterocycles. The lowest BCUT2D eigenvalue weighted by atomic mass is 10.2. The molecule has 0 aliphatic heterocycles. The molecule has 1 atom stereocenters. The summed E-state index contributed by atoms with van der Waals surface area (Å²) in [6, 6.07) is 2.60. The van der Waals surface area contributed by atoms with Crippen LogP contribution in [0, 0.1) is 10.1 Å². The van der Waals surface area contributed by atoms with Gasteiger partial charge < -0.3 is 10.1 Å². The van der Waals surface area contributed by atoms with Gasteiger partial charge in [-0.1, -0.05) is 11.6 Å². The van der Waals surface area contributed by atoms with E-state index < -0.39 is 22.8 Å². The van der Waals surface area contributed by atoms with Crippen molar-refractivity contribution in [2.45, 2.75) is 13.0 Å². The number of hydrogen-bond donors (Lipinski definition) is 1. The van der Waals surface area contributed by atoms with Crippen molar-refractivity contribution in [3.8, 4) is 0 Å². The van der Waals surface area contributed by atoms with E-state index in [-0.39, 0.29) is 16.3 Å². The maximum atomic E-state index is 11.8. The van der Waals surface area contributed by atoms with Gasteiger partial charge in [-0.05, 0) is 13.0 Å². The summed E-state index contributed by atoms with van der Waals surface area (Å²) in [6.07, 6.45) is 0. The number of hydrogen-bond acceptors (Lipinski definition) is 5. The summed E-state index contributed by atoms with van der Waals surface area (Å²) in [6.45, 7) is 1.45. The predicted octanol–water partition coefficient (Wildman–Crippen LogP) is 1.54. The van der Waals surface area contributed by atoms with Crippen molar-refractivity contribution in [2.24, 2.45) is 0 Å². The monoisotopic (exact) mass is 286 g/mol. The molecule has 0 radical (unpaired) electrons. The Morgan fingerprint density at radius 1 is 1.47 bits per heavy atom. The second kappa shape index (κ2) is 6.14. The molecule has 1 aromatic rings. The molecule has 102 valence electrons. The molecule has 0 saturated carbocycles. The molecule has 8 heteroatoms. The van der Waals surface area contributed by atoms with Gasteiger partial charge in [-0.15, -0.1) is 0 Å². The van der Waals surface area contributed by atoms with E-state index in [1.807, 2.05) is 0 Å². The average Bonchev–Trinajstić information content (AvgIpc) is 2.37. The van der Waals surface area contributed by atoms with Gasteiger partial charge in [0, 0.05) is 12.1 Å². The number of carbonyl (C=O) groups is 2. The summed E-state index contributed by atoms with van der Waals surface area (Å²) in [7, 11) is 1.20. The molecule has 1 amide bonds. The number of nitro groups is 1. The number of halogens is 1. The molecule has 0 aliphatic carbocycles. The molecule has 1 unspecified atom stereocenters. The van der Waals surface area contributed by atoms with E-state index in [2.05, 4.69) is 10.1 Å². The molecular formula is C11H11ClN2O5. The van der Waals surface area contributed by atoms with Crippen molar-refractivity contribution in [3.63, 3.8) is 0 Å². The SMILES string of the molecule is COC(=O)C(C)NC(=O)c1ccc([N+](=O)[O-])cc1Cl. The van der Waals surface area contributed by atoms with Crippen LogP contribution in [0.5, 0.6) is 0 Å². The first-order valence-electron chi connectivity index (χ1n) is 5.19. The zero-order valence-electron chi connectivity index (χ0n) is 10.2. The summed E-state index contributed by atoms with van der Waals surface area (Å²) in [4.78, 5) is 32.9. The molecule has 19 heavy (non-hydrogen) atoms. The Hall–Kier alpha value is -2.15. The van der Waals surface area contributed by atoms with Crippen molar-refractivity contribution in [3.05, 3.63) is 38.9 Å². The fourth-order valence-corrected chi connectivity index (χ4v) is 1.57. The zero-order valence-corrected chi connectivity index (χ0v) is 10.9. The first-order chi connectivity index (χ1) is 8.86. The number of ether oxygens (including phenoxy) is 1. The van der Waals surface area contributed by atoms with Crippen LogP contribution in [0.25, 0.3) is 0 Å². The highest BCUT2D eigenvalue weighted by atomic mass is 35.5. The van der Waals surface area contributed by atoms with E-state index in [9.17, 15) is 19.7 Å². The topological polar surface area (TPSA) is 98.5 Å². The van der Waals surface area contributed by atoms with Crippen LogP contribution in [-0.2, 0) is 9.53 Å². The van der Waals surface area contributed by atoms with E-state index in [4.69, 9.17) is 11.6 Å². The number of amides is 1. The highest BCUT2D eigenvalue weighted by molar-refractivity contribution is 6.34.